The van der Waals surface area contributed by atoms with Crippen molar-refractivity contribution < 1.29 is 4.42 Å². The zero-order valence-electron chi connectivity index (χ0n) is 11.0. The molecular weight excluding hydrogens is 212 g/mol. The molecule has 0 atom stereocenters. The van der Waals surface area contributed by atoms with Gasteiger partial charge in [0.25, 0.3) is 0 Å². The molecule has 0 amide bonds. The van der Waals surface area contributed by atoms with Gasteiger partial charge in [0.05, 0.1) is 12.8 Å². The van der Waals surface area contributed by atoms with Crippen LogP contribution in [-0.4, -0.2) is 23.0 Å². The molecule has 1 heterocycles. The van der Waals surface area contributed by atoms with Gasteiger partial charge in [0.1, 0.15) is 5.76 Å². The third-order valence-electron chi connectivity index (χ3n) is 3.93. The lowest BCUT2D eigenvalue weighted by Crippen LogP contribution is -2.49. The van der Waals surface area contributed by atoms with Crippen LogP contribution in [0.4, 0.5) is 0 Å². The molecule has 0 saturated heterocycles. The zero-order valence-corrected chi connectivity index (χ0v) is 11.0. The van der Waals surface area contributed by atoms with Gasteiger partial charge >= 0.3 is 0 Å². The molecule has 0 unspecified atom stereocenters. The van der Waals surface area contributed by atoms with Gasteiger partial charge in [0.2, 0.25) is 0 Å². The second-order valence-electron chi connectivity index (χ2n) is 5.28. The maximum atomic E-state index is 6.42. The number of hydrogen-bond donors (Lipinski definition) is 1. The van der Waals surface area contributed by atoms with E-state index in [0.717, 1.165) is 37.7 Å². The number of rotatable bonds is 7. The van der Waals surface area contributed by atoms with Crippen LogP contribution in [0.2, 0.25) is 0 Å². The van der Waals surface area contributed by atoms with E-state index >= 15 is 0 Å². The summed E-state index contributed by atoms with van der Waals surface area (Å²) in [4.78, 5) is 2.49. The molecule has 3 nitrogen and oxygen atoms in total. The van der Waals surface area contributed by atoms with Gasteiger partial charge in [-0.1, -0.05) is 13.8 Å². The molecule has 1 aliphatic carbocycles. The summed E-state index contributed by atoms with van der Waals surface area (Å²) in [5.41, 5.74) is 6.37. The lowest BCUT2D eigenvalue weighted by atomic mass is 9.93. The summed E-state index contributed by atoms with van der Waals surface area (Å²) in [6.07, 6.45) is 6.43. The third kappa shape index (κ3) is 3.33. The van der Waals surface area contributed by atoms with E-state index in [1.54, 1.807) is 6.26 Å². The van der Waals surface area contributed by atoms with E-state index < -0.39 is 0 Å². The zero-order chi connectivity index (χ0) is 12.3. The summed E-state index contributed by atoms with van der Waals surface area (Å²) in [5.74, 6) is 1.05. The van der Waals surface area contributed by atoms with Crippen molar-refractivity contribution in [2.24, 2.45) is 5.73 Å². The van der Waals surface area contributed by atoms with Gasteiger partial charge < -0.3 is 10.2 Å². The minimum Gasteiger partial charge on any atom is -0.468 e. The summed E-state index contributed by atoms with van der Waals surface area (Å²) in [6.45, 7) is 6.24. The van der Waals surface area contributed by atoms with E-state index in [9.17, 15) is 0 Å². The van der Waals surface area contributed by atoms with E-state index in [-0.39, 0.29) is 5.54 Å². The van der Waals surface area contributed by atoms with Gasteiger partial charge in [0.15, 0.2) is 0 Å². The van der Waals surface area contributed by atoms with Crippen molar-refractivity contribution in [1.82, 2.24) is 4.90 Å². The minimum absolute atomic E-state index is 0.0464. The summed E-state index contributed by atoms with van der Waals surface area (Å²) >= 11 is 0. The van der Waals surface area contributed by atoms with Crippen LogP contribution in [0.5, 0.6) is 0 Å². The van der Waals surface area contributed by atoms with Crippen molar-refractivity contribution in [3.63, 3.8) is 0 Å². The second-order valence-corrected chi connectivity index (χ2v) is 5.28. The van der Waals surface area contributed by atoms with Crippen molar-refractivity contribution in [3.8, 4) is 0 Å². The molecule has 0 aromatic carbocycles. The Morgan fingerprint density at radius 2 is 2.12 bits per heavy atom. The maximum Gasteiger partial charge on any atom is 0.117 e. The normalized spacial score (nSPS) is 16.7. The van der Waals surface area contributed by atoms with Gasteiger partial charge in [-0.25, -0.2) is 0 Å². The smallest absolute Gasteiger partial charge is 0.117 e. The Morgan fingerprint density at radius 3 is 2.59 bits per heavy atom. The Bertz CT molecular complexity index is 326. The molecule has 17 heavy (non-hydrogen) atoms. The molecule has 2 N–H and O–H groups in total. The monoisotopic (exact) mass is 236 g/mol. The van der Waals surface area contributed by atoms with Gasteiger partial charge in [-0.05, 0) is 37.8 Å². The summed E-state index contributed by atoms with van der Waals surface area (Å²) in [5, 5.41) is 0. The van der Waals surface area contributed by atoms with Crippen LogP contribution in [-0.2, 0) is 6.54 Å². The fraction of sp³-hybridized carbons (Fsp3) is 0.714. The summed E-state index contributed by atoms with van der Waals surface area (Å²) in [6, 6.07) is 4.72. The Hall–Kier alpha value is -0.800. The first kappa shape index (κ1) is 12.7. The van der Waals surface area contributed by atoms with Gasteiger partial charge in [-0.3, -0.25) is 4.90 Å². The van der Waals surface area contributed by atoms with Crippen LogP contribution in [0.1, 0.15) is 45.3 Å². The van der Waals surface area contributed by atoms with E-state index in [0.29, 0.717) is 0 Å². The Morgan fingerprint density at radius 1 is 1.41 bits per heavy atom. The first-order chi connectivity index (χ1) is 8.17. The van der Waals surface area contributed by atoms with Crippen LogP contribution in [0, 0.1) is 0 Å². The second kappa shape index (κ2) is 5.23. The Labute approximate surface area is 104 Å². The first-order valence-electron chi connectivity index (χ1n) is 6.72. The molecule has 0 aliphatic heterocycles. The number of nitrogens with zero attached hydrogens (tertiary/aromatic N) is 1. The molecule has 1 aromatic heterocycles. The fourth-order valence-corrected chi connectivity index (χ4v) is 2.23. The largest absolute Gasteiger partial charge is 0.468 e. The Balaban J connectivity index is 1.97. The number of hydrogen-bond acceptors (Lipinski definition) is 3. The van der Waals surface area contributed by atoms with E-state index in [4.69, 9.17) is 10.2 Å². The first-order valence-corrected chi connectivity index (χ1v) is 6.72. The molecule has 1 aliphatic rings. The van der Waals surface area contributed by atoms with Crippen molar-refractivity contribution >= 4 is 0 Å². The SMILES string of the molecule is CCC(N)(CC)CN(Cc1ccco1)C1CC1. The highest BCUT2D eigenvalue weighted by Crippen LogP contribution is 2.30. The molecule has 2 rings (SSSR count). The van der Waals surface area contributed by atoms with Crippen molar-refractivity contribution in [2.45, 2.75) is 57.7 Å². The topological polar surface area (TPSA) is 42.4 Å². The van der Waals surface area contributed by atoms with E-state index in [1.165, 1.54) is 12.8 Å². The highest BCUT2D eigenvalue weighted by Gasteiger charge is 2.34. The molecule has 0 radical (unpaired) electrons. The van der Waals surface area contributed by atoms with E-state index in [2.05, 4.69) is 18.7 Å². The molecular formula is C14H24N2O. The molecule has 3 heteroatoms. The lowest BCUT2D eigenvalue weighted by molar-refractivity contribution is 0.172. The standard InChI is InChI=1S/C14H24N2O/c1-3-14(15,4-2)11-16(12-7-8-12)10-13-6-5-9-17-13/h5-6,9,12H,3-4,7-8,10-11,15H2,1-2H3. The van der Waals surface area contributed by atoms with Crippen LogP contribution in [0.3, 0.4) is 0 Å². The molecule has 0 spiro atoms. The van der Waals surface area contributed by atoms with Crippen LogP contribution in [0.25, 0.3) is 0 Å². The molecule has 1 aromatic rings. The lowest BCUT2D eigenvalue weighted by Gasteiger charge is -2.33. The van der Waals surface area contributed by atoms with Crippen molar-refractivity contribution in [1.29, 1.82) is 0 Å². The quantitative estimate of drug-likeness (QED) is 0.791. The number of nitrogens with two attached hydrogens (primary N) is 1. The van der Waals surface area contributed by atoms with Crippen molar-refractivity contribution in [3.05, 3.63) is 24.2 Å². The molecule has 1 fully saturated rings. The molecule has 0 bridgehead atoms. The van der Waals surface area contributed by atoms with E-state index in [1.807, 2.05) is 12.1 Å². The maximum absolute atomic E-state index is 6.42. The third-order valence-corrected chi connectivity index (χ3v) is 3.93. The highest BCUT2D eigenvalue weighted by atomic mass is 16.3. The van der Waals surface area contributed by atoms with Crippen molar-refractivity contribution in [2.75, 3.05) is 6.54 Å². The minimum atomic E-state index is -0.0464. The summed E-state index contributed by atoms with van der Waals surface area (Å²) in [7, 11) is 0. The summed E-state index contributed by atoms with van der Waals surface area (Å²) < 4.78 is 5.44. The molecule has 96 valence electrons. The fourth-order valence-electron chi connectivity index (χ4n) is 2.23. The van der Waals surface area contributed by atoms with Gasteiger partial charge in [-0.2, -0.15) is 0 Å². The average molecular weight is 236 g/mol. The Kier molecular flexibility index (Phi) is 3.89. The predicted molar refractivity (Wildman–Crippen MR) is 69.6 cm³/mol. The van der Waals surface area contributed by atoms with Crippen LogP contribution in [0.15, 0.2) is 22.8 Å². The van der Waals surface area contributed by atoms with Crippen LogP contribution < -0.4 is 5.73 Å². The van der Waals surface area contributed by atoms with Gasteiger partial charge in [-0.15, -0.1) is 0 Å². The number of furan rings is 1. The average Bonchev–Trinajstić information content (AvgIpc) is 3.07. The predicted octanol–water partition coefficient (Wildman–Crippen LogP) is 2.76. The van der Waals surface area contributed by atoms with Gasteiger partial charge in [0, 0.05) is 18.1 Å². The molecule has 1 saturated carbocycles. The van der Waals surface area contributed by atoms with Crippen LogP contribution >= 0.6 is 0 Å². The highest BCUT2D eigenvalue weighted by molar-refractivity contribution is 5.01.